The Morgan fingerprint density at radius 3 is 2.27 bits per heavy atom. The fraction of sp³-hybridized carbons (Fsp3) is 0.600. The lowest BCUT2D eigenvalue weighted by Gasteiger charge is -2.30. The van der Waals surface area contributed by atoms with E-state index in [1.807, 2.05) is 4.90 Å². The molecule has 1 aliphatic heterocycles. The van der Waals surface area contributed by atoms with Gasteiger partial charge in [0.25, 0.3) is 11.8 Å². The first-order chi connectivity index (χ1) is 19.2. The molecule has 10 heteroatoms. The molecule has 1 saturated carbocycles. The number of hydrogen-bond acceptors (Lipinski definition) is 6. The van der Waals surface area contributed by atoms with Gasteiger partial charge in [-0.1, -0.05) is 40.0 Å². The van der Waals surface area contributed by atoms with Crippen LogP contribution in [0.1, 0.15) is 96.9 Å². The van der Waals surface area contributed by atoms with Crippen LogP contribution in [-0.4, -0.2) is 73.6 Å². The van der Waals surface area contributed by atoms with Crippen molar-refractivity contribution in [3.63, 3.8) is 0 Å². The van der Waals surface area contributed by atoms with E-state index in [9.17, 15) is 18.0 Å². The molecule has 1 aromatic heterocycles. The summed E-state index contributed by atoms with van der Waals surface area (Å²) in [7, 11) is -1.98. The number of anilines is 1. The summed E-state index contributed by atoms with van der Waals surface area (Å²) in [6.07, 6.45) is 7.53. The number of carbonyl (C=O) groups is 2. The molecule has 220 valence electrons. The second kappa shape index (κ2) is 13.6. The van der Waals surface area contributed by atoms with Crippen LogP contribution in [0.5, 0.6) is 0 Å². The Bertz CT molecular complexity index is 1280. The highest BCUT2D eigenvalue weighted by Gasteiger charge is 2.32. The average Bonchev–Trinajstić information content (AvgIpc) is 3.33. The van der Waals surface area contributed by atoms with Gasteiger partial charge in [-0.05, 0) is 68.5 Å². The molecular formula is C30H44N4O4S2. The summed E-state index contributed by atoms with van der Waals surface area (Å²) >= 11 is 1.49. The predicted molar refractivity (Wildman–Crippen MR) is 162 cm³/mol. The summed E-state index contributed by atoms with van der Waals surface area (Å²) < 4.78 is 28.0. The molecule has 1 N–H and O–H groups in total. The summed E-state index contributed by atoms with van der Waals surface area (Å²) in [4.78, 5) is 32.7. The van der Waals surface area contributed by atoms with Crippen LogP contribution in [0, 0.1) is 0 Å². The second-order valence-corrected chi connectivity index (χ2v) is 14.0. The summed E-state index contributed by atoms with van der Waals surface area (Å²) in [5, 5.41) is 3.61. The fourth-order valence-corrected chi connectivity index (χ4v) is 8.51. The third kappa shape index (κ3) is 6.61. The minimum Gasteiger partial charge on any atom is -0.339 e. The molecule has 0 bridgehead atoms. The Kier molecular flexibility index (Phi) is 10.4. The van der Waals surface area contributed by atoms with E-state index in [2.05, 4.69) is 31.0 Å². The van der Waals surface area contributed by atoms with Gasteiger partial charge in [0.05, 0.1) is 10.5 Å². The van der Waals surface area contributed by atoms with Gasteiger partial charge in [0.1, 0.15) is 5.00 Å². The third-order valence-corrected chi connectivity index (χ3v) is 11.2. The largest absolute Gasteiger partial charge is 0.339 e. The Hall–Kier alpha value is -2.27. The van der Waals surface area contributed by atoms with Crippen molar-refractivity contribution in [3.8, 4) is 0 Å². The quantitative estimate of drug-likeness (QED) is 0.369. The lowest BCUT2D eigenvalue weighted by atomic mass is 9.96. The van der Waals surface area contributed by atoms with Gasteiger partial charge in [-0.2, -0.15) is 4.31 Å². The van der Waals surface area contributed by atoms with Crippen LogP contribution in [0.3, 0.4) is 0 Å². The first kappa shape index (κ1) is 30.7. The fourth-order valence-electron chi connectivity index (χ4n) is 5.81. The van der Waals surface area contributed by atoms with E-state index >= 15 is 0 Å². The van der Waals surface area contributed by atoms with Crippen LogP contribution < -0.4 is 5.32 Å². The maximum absolute atomic E-state index is 13.8. The number of fused-ring (bicyclic) bond motifs is 1. The van der Waals surface area contributed by atoms with Gasteiger partial charge in [0.15, 0.2) is 0 Å². The maximum atomic E-state index is 13.8. The highest BCUT2D eigenvalue weighted by atomic mass is 32.2. The van der Waals surface area contributed by atoms with Crippen molar-refractivity contribution in [1.82, 2.24) is 14.1 Å². The highest BCUT2D eigenvalue weighted by Crippen LogP contribution is 2.38. The summed E-state index contributed by atoms with van der Waals surface area (Å²) in [6.45, 7) is 10.2. The molecule has 0 radical (unpaired) electrons. The minimum atomic E-state index is -3.64. The molecule has 0 atom stereocenters. The molecule has 1 aliphatic carbocycles. The van der Waals surface area contributed by atoms with Gasteiger partial charge < -0.3 is 10.2 Å². The lowest BCUT2D eigenvalue weighted by molar-refractivity contribution is 0.0755. The number of thiophene rings is 1. The van der Waals surface area contributed by atoms with Gasteiger partial charge in [-0.25, -0.2) is 8.42 Å². The van der Waals surface area contributed by atoms with Gasteiger partial charge in [-0.3, -0.25) is 14.5 Å². The van der Waals surface area contributed by atoms with Gasteiger partial charge in [-0.15, -0.1) is 11.3 Å². The molecule has 40 heavy (non-hydrogen) atoms. The molecule has 2 aromatic rings. The molecule has 0 spiro atoms. The van der Waals surface area contributed by atoms with E-state index in [0.29, 0.717) is 29.2 Å². The Morgan fingerprint density at radius 1 is 1.02 bits per heavy atom. The molecule has 8 nitrogen and oxygen atoms in total. The van der Waals surface area contributed by atoms with Crippen LogP contribution in [0.15, 0.2) is 29.2 Å². The number of hydrogen-bond donors (Lipinski definition) is 1. The topological polar surface area (TPSA) is 90.0 Å². The number of sulfonamides is 1. The number of nitrogens with one attached hydrogen (secondary N) is 1. The number of rotatable bonds is 11. The third-order valence-electron chi connectivity index (χ3n) is 8.18. The SMILES string of the molecule is CCCN(CCC)C(=O)c1c(NC(=O)c2ccc(S(=O)(=O)N(C)C3CCCCC3)cc2)sc2c1CCN(CC)C2. The average molecular weight is 589 g/mol. The monoisotopic (exact) mass is 588 g/mol. The zero-order chi connectivity index (χ0) is 28.9. The Morgan fingerprint density at radius 2 is 1.68 bits per heavy atom. The molecule has 1 fully saturated rings. The highest BCUT2D eigenvalue weighted by molar-refractivity contribution is 7.89. The van der Waals surface area contributed by atoms with Crippen molar-refractivity contribution in [2.45, 2.75) is 89.6 Å². The first-order valence-corrected chi connectivity index (χ1v) is 17.0. The number of amides is 2. The lowest BCUT2D eigenvalue weighted by Crippen LogP contribution is -2.38. The van der Waals surface area contributed by atoms with Crippen molar-refractivity contribution >= 4 is 38.2 Å². The summed E-state index contributed by atoms with van der Waals surface area (Å²) in [5.41, 5.74) is 2.04. The summed E-state index contributed by atoms with van der Waals surface area (Å²) in [5.74, 6) is -0.365. The van der Waals surface area contributed by atoms with E-state index in [1.165, 1.54) is 27.8 Å². The summed E-state index contributed by atoms with van der Waals surface area (Å²) in [6, 6.07) is 6.17. The van der Waals surface area contributed by atoms with Crippen molar-refractivity contribution in [1.29, 1.82) is 0 Å². The smallest absolute Gasteiger partial charge is 0.257 e. The second-order valence-electron chi connectivity index (χ2n) is 10.9. The van der Waals surface area contributed by atoms with Gasteiger partial charge >= 0.3 is 0 Å². The molecule has 1 aromatic carbocycles. The van der Waals surface area contributed by atoms with Crippen molar-refractivity contribution in [3.05, 3.63) is 45.8 Å². The van der Waals surface area contributed by atoms with E-state index in [-0.39, 0.29) is 22.8 Å². The van der Waals surface area contributed by atoms with E-state index in [0.717, 1.165) is 81.4 Å². The van der Waals surface area contributed by atoms with Crippen LogP contribution in [0.2, 0.25) is 0 Å². The van der Waals surface area contributed by atoms with Gasteiger partial charge in [0.2, 0.25) is 10.0 Å². The molecule has 2 heterocycles. The van der Waals surface area contributed by atoms with E-state index in [4.69, 9.17) is 0 Å². The molecule has 2 amide bonds. The molecule has 4 rings (SSSR count). The van der Waals surface area contributed by atoms with Crippen LogP contribution in [-0.2, 0) is 23.0 Å². The van der Waals surface area contributed by atoms with Crippen molar-refractivity contribution in [2.75, 3.05) is 38.5 Å². The number of nitrogens with zero attached hydrogens (tertiary/aromatic N) is 3. The minimum absolute atomic E-state index is 0.0196. The number of carbonyl (C=O) groups excluding carboxylic acids is 2. The van der Waals surface area contributed by atoms with E-state index < -0.39 is 10.0 Å². The molecule has 0 saturated heterocycles. The van der Waals surface area contributed by atoms with Crippen molar-refractivity contribution in [2.24, 2.45) is 0 Å². The standard InChI is InChI=1S/C30H44N4O4S2/c1-5-18-34(19-6-2)30(36)27-25-17-20-33(7-3)21-26(25)39-29(27)31-28(35)22-13-15-24(16-14-22)40(37,38)32(4)23-11-9-8-10-12-23/h13-16,23H,5-12,17-21H2,1-4H3,(H,31,35). The van der Waals surface area contributed by atoms with Gasteiger partial charge in [0, 0.05) is 49.7 Å². The normalized spacial score (nSPS) is 16.6. The number of likely N-dealkylation sites (N-methyl/N-ethyl adjacent to an activating group) is 1. The Labute approximate surface area is 243 Å². The first-order valence-electron chi connectivity index (χ1n) is 14.8. The number of benzene rings is 1. The van der Waals surface area contributed by atoms with Crippen molar-refractivity contribution < 1.29 is 18.0 Å². The van der Waals surface area contributed by atoms with Crippen LogP contribution in [0.25, 0.3) is 0 Å². The molecular weight excluding hydrogens is 544 g/mol. The molecule has 0 unspecified atom stereocenters. The predicted octanol–water partition coefficient (Wildman–Crippen LogP) is 5.59. The van der Waals surface area contributed by atoms with Crippen LogP contribution in [0.4, 0.5) is 5.00 Å². The zero-order valence-electron chi connectivity index (χ0n) is 24.4. The van der Waals surface area contributed by atoms with E-state index in [1.54, 1.807) is 19.2 Å². The zero-order valence-corrected chi connectivity index (χ0v) is 26.0. The van der Waals surface area contributed by atoms with Crippen LogP contribution >= 0.6 is 11.3 Å². The molecule has 2 aliphatic rings. The maximum Gasteiger partial charge on any atom is 0.257 e. The Balaban J connectivity index is 1.58.